The number of nitrogens with zero attached hydrogens (tertiary/aromatic N) is 2. The van der Waals surface area contributed by atoms with E-state index in [9.17, 15) is 16.8 Å². The molecule has 158 valence electrons. The van der Waals surface area contributed by atoms with E-state index in [1.807, 2.05) is 27.7 Å². The average molecular weight is 437 g/mol. The van der Waals surface area contributed by atoms with Gasteiger partial charge in [0, 0.05) is 12.6 Å². The van der Waals surface area contributed by atoms with Gasteiger partial charge in [0.05, 0.1) is 16.0 Å². The Morgan fingerprint density at radius 3 is 1.62 bits per heavy atom. The Hall–Kier alpha value is -1.74. The van der Waals surface area contributed by atoms with Gasteiger partial charge in [0.15, 0.2) is 0 Å². The molecule has 2 aromatic rings. The molecule has 29 heavy (non-hydrogen) atoms. The Bertz CT molecular complexity index is 1080. The number of hydrogen-bond acceptors (Lipinski definition) is 4. The van der Waals surface area contributed by atoms with Crippen molar-refractivity contribution >= 4 is 20.0 Å². The maximum Gasteiger partial charge on any atom is 0.244 e. The second kappa shape index (κ2) is 7.83. The largest absolute Gasteiger partial charge is 0.244 e. The standard InChI is InChI=1S/C21H28N2O4S2/c1-15(2)21-22(28(24,25)19-10-6-16(3)7-11-19)14-18(5)23(21)29(26,27)20-12-8-17(4)9-13-20/h6-13,15,18,21H,14H2,1-5H3/t18-,21+/m0/s1. The van der Waals surface area contributed by atoms with E-state index in [0.717, 1.165) is 11.1 Å². The third-order valence-corrected chi connectivity index (χ3v) is 9.10. The van der Waals surface area contributed by atoms with Crippen LogP contribution in [0.1, 0.15) is 31.9 Å². The van der Waals surface area contributed by atoms with Gasteiger partial charge >= 0.3 is 0 Å². The molecule has 0 aliphatic carbocycles. The van der Waals surface area contributed by atoms with Gasteiger partial charge in [-0.25, -0.2) is 16.8 Å². The summed E-state index contributed by atoms with van der Waals surface area (Å²) in [4.78, 5) is 0.353. The zero-order chi connectivity index (χ0) is 21.6. The summed E-state index contributed by atoms with van der Waals surface area (Å²) >= 11 is 0. The zero-order valence-electron chi connectivity index (χ0n) is 17.4. The molecule has 2 aromatic carbocycles. The lowest BCUT2D eigenvalue weighted by Gasteiger charge is -2.33. The number of benzene rings is 2. The van der Waals surface area contributed by atoms with Crippen LogP contribution in [0, 0.1) is 19.8 Å². The van der Waals surface area contributed by atoms with Crippen molar-refractivity contribution < 1.29 is 16.8 Å². The predicted octanol–water partition coefficient (Wildman–Crippen LogP) is 3.37. The van der Waals surface area contributed by atoms with Gasteiger partial charge in [0.1, 0.15) is 0 Å². The van der Waals surface area contributed by atoms with Crippen LogP contribution in [0.25, 0.3) is 0 Å². The Morgan fingerprint density at radius 2 is 1.21 bits per heavy atom. The van der Waals surface area contributed by atoms with Crippen LogP contribution in [0.15, 0.2) is 58.3 Å². The quantitative estimate of drug-likeness (QED) is 0.720. The molecule has 8 heteroatoms. The molecule has 0 spiro atoms. The van der Waals surface area contributed by atoms with Crippen LogP contribution in [0.2, 0.25) is 0 Å². The van der Waals surface area contributed by atoms with E-state index >= 15 is 0 Å². The molecule has 0 N–H and O–H groups in total. The lowest BCUT2D eigenvalue weighted by atomic mass is 10.2. The fourth-order valence-electron chi connectivity index (χ4n) is 3.76. The molecule has 0 saturated carbocycles. The topological polar surface area (TPSA) is 74.8 Å². The maximum absolute atomic E-state index is 13.4. The van der Waals surface area contributed by atoms with E-state index in [1.165, 1.54) is 8.61 Å². The van der Waals surface area contributed by atoms with Gasteiger partial charge in [-0.2, -0.15) is 8.61 Å². The van der Waals surface area contributed by atoms with Crippen LogP contribution in [-0.2, 0) is 20.0 Å². The first-order chi connectivity index (χ1) is 13.5. The maximum atomic E-state index is 13.4. The van der Waals surface area contributed by atoms with E-state index in [1.54, 1.807) is 55.5 Å². The first-order valence-electron chi connectivity index (χ1n) is 9.65. The smallest absolute Gasteiger partial charge is 0.207 e. The molecule has 1 aliphatic rings. The Kier molecular flexibility index (Phi) is 5.93. The first kappa shape index (κ1) is 22.0. The Morgan fingerprint density at radius 1 is 0.793 bits per heavy atom. The molecule has 1 heterocycles. The monoisotopic (exact) mass is 436 g/mol. The number of sulfonamides is 2. The van der Waals surface area contributed by atoms with Gasteiger partial charge in [-0.15, -0.1) is 0 Å². The van der Waals surface area contributed by atoms with Gasteiger partial charge < -0.3 is 0 Å². The van der Waals surface area contributed by atoms with Crippen molar-refractivity contribution in [1.82, 2.24) is 8.61 Å². The van der Waals surface area contributed by atoms with Crippen molar-refractivity contribution in [2.45, 2.75) is 56.6 Å². The third-order valence-electron chi connectivity index (χ3n) is 5.25. The fourth-order valence-corrected chi connectivity index (χ4v) is 7.52. The van der Waals surface area contributed by atoms with Crippen molar-refractivity contribution in [3.8, 4) is 0 Å². The van der Waals surface area contributed by atoms with Gasteiger partial charge in [-0.05, 0) is 51.0 Å². The highest BCUT2D eigenvalue weighted by molar-refractivity contribution is 7.90. The normalized spacial score (nSPS) is 21.7. The van der Waals surface area contributed by atoms with E-state index in [0.29, 0.717) is 0 Å². The summed E-state index contributed by atoms with van der Waals surface area (Å²) in [5.74, 6) is -0.222. The summed E-state index contributed by atoms with van der Waals surface area (Å²) in [6, 6.07) is 12.8. The fraction of sp³-hybridized carbons (Fsp3) is 0.429. The molecule has 1 saturated heterocycles. The molecule has 3 rings (SSSR count). The predicted molar refractivity (Wildman–Crippen MR) is 113 cm³/mol. The van der Waals surface area contributed by atoms with E-state index in [-0.39, 0.29) is 22.3 Å². The van der Waals surface area contributed by atoms with Crippen LogP contribution in [-0.4, -0.2) is 44.2 Å². The van der Waals surface area contributed by atoms with Crippen molar-refractivity contribution in [3.63, 3.8) is 0 Å². The molecule has 1 aliphatic heterocycles. The van der Waals surface area contributed by atoms with E-state index in [2.05, 4.69) is 0 Å². The van der Waals surface area contributed by atoms with Crippen LogP contribution in [0.4, 0.5) is 0 Å². The minimum atomic E-state index is -3.85. The Labute approximate surface area is 174 Å². The molecule has 0 radical (unpaired) electrons. The highest BCUT2D eigenvalue weighted by Gasteiger charge is 2.50. The van der Waals surface area contributed by atoms with Crippen molar-refractivity contribution in [3.05, 3.63) is 59.7 Å². The summed E-state index contributed by atoms with van der Waals surface area (Å²) in [5, 5.41) is 0. The zero-order valence-corrected chi connectivity index (χ0v) is 19.0. The molecule has 2 atom stereocenters. The number of hydrogen-bond donors (Lipinski definition) is 0. The molecular weight excluding hydrogens is 408 g/mol. The second-order valence-corrected chi connectivity index (χ2v) is 11.8. The first-order valence-corrected chi connectivity index (χ1v) is 12.5. The molecule has 1 fully saturated rings. The second-order valence-electron chi connectivity index (χ2n) is 8.04. The van der Waals surface area contributed by atoms with Gasteiger partial charge in [0.25, 0.3) is 0 Å². The molecule has 0 unspecified atom stereocenters. The minimum Gasteiger partial charge on any atom is -0.207 e. The van der Waals surface area contributed by atoms with Crippen molar-refractivity contribution in [1.29, 1.82) is 0 Å². The van der Waals surface area contributed by atoms with Crippen LogP contribution in [0.5, 0.6) is 0 Å². The SMILES string of the molecule is Cc1ccc(S(=O)(=O)N2C[C@H](C)N(S(=O)(=O)c3ccc(C)cc3)[C@@H]2C(C)C)cc1. The summed E-state index contributed by atoms with van der Waals surface area (Å²) in [6.45, 7) is 9.34. The molecule has 6 nitrogen and oxygen atoms in total. The third kappa shape index (κ3) is 3.99. The average Bonchev–Trinajstić information content (AvgIpc) is 3.01. The van der Waals surface area contributed by atoms with E-state index in [4.69, 9.17) is 0 Å². The van der Waals surface area contributed by atoms with Gasteiger partial charge in [-0.3, -0.25) is 0 Å². The number of rotatable bonds is 5. The van der Waals surface area contributed by atoms with Crippen molar-refractivity contribution in [2.24, 2.45) is 5.92 Å². The summed E-state index contributed by atoms with van der Waals surface area (Å²) in [5.41, 5.74) is 1.92. The molecular formula is C21H28N2O4S2. The summed E-state index contributed by atoms with van der Waals surface area (Å²) in [6.07, 6.45) is -0.789. The van der Waals surface area contributed by atoms with E-state index < -0.39 is 32.3 Å². The van der Waals surface area contributed by atoms with Crippen LogP contribution >= 0.6 is 0 Å². The molecule has 0 aromatic heterocycles. The summed E-state index contributed by atoms with van der Waals surface area (Å²) < 4.78 is 56.3. The Balaban J connectivity index is 2.07. The van der Waals surface area contributed by atoms with Crippen LogP contribution < -0.4 is 0 Å². The van der Waals surface area contributed by atoms with Gasteiger partial charge in [0.2, 0.25) is 20.0 Å². The minimum absolute atomic E-state index is 0.115. The highest BCUT2D eigenvalue weighted by atomic mass is 32.2. The lowest BCUT2D eigenvalue weighted by molar-refractivity contribution is 0.208. The molecule has 0 bridgehead atoms. The van der Waals surface area contributed by atoms with Crippen molar-refractivity contribution in [2.75, 3.05) is 6.54 Å². The number of aryl methyl sites for hydroxylation is 2. The lowest BCUT2D eigenvalue weighted by Crippen LogP contribution is -2.48. The highest BCUT2D eigenvalue weighted by Crippen LogP contribution is 2.36. The van der Waals surface area contributed by atoms with Gasteiger partial charge in [-0.1, -0.05) is 49.2 Å². The molecule has 0 amide bonds. The summed E-state index contributed by atoms with van der Waals surface area (Å²) in [7, 11) is -7.69. The van der Waals surface area contributed by atoms with Crippen LogP contribution in [0.3, 0.4) is 0 Å².